The van der Waals surface area contributed by atoms with Crippen LogP contribution in [-0.2, 0) is 19.6 Å². The van der Waals surface area contributed by atoms with Crippen LogP contribution in [0.25, 0.3) is 0 Å². The Morgan fingerprint density at radius 2 is 1.81 bits per heavy atom. The fourth-order valence-corrected chi connectivity index (χ4v) is 6.20. The lowest BCUT2D eigenvalue weighted by molar-refractivity contribution is -0.145. The standard InChI is InChI=1S/C21H30N2O7S/c1-29-18-10-9-15(12-19(18)30-2)31(27,28)23-11-5-8-17(23)20(24)22-13-14-6-3-4-7-16(14)21(25)26/h9-10,12,14,16-17H,3-8,11,13H2,1-2H3,(H,22,24)(H,25,26)/t14-,16-,17?/m0/s1. The maximum absolute atomic E-state index is 13.2. The number of ether oxygens (including phenoxy) is 2. The Labute approximate surface area is 182 Å². The Kier molecular flexibility index (Phi) is 7.42. The summed E-state index contributed by atoms with van der Waals surface area (Å²) >= 11 is 0. The van der Waals surface area contributed by atoms with E-state index in [0.29, 0.717) is 30.8 Å². The lowest BCUT2D eigenvalue weighted by Gasteiger charge is -2.30. The van der Waals surface area contributed by atoms with Crippen molar-refractivity contribution in [1.29, 1.82) is 0 Å². The summed E-state index contributed by atoms with van der Waals surface area (Å²) in [5.74, 6) is -1.11. The second-order valence-corrected chi connectivity index (χ2v) is 9.92. The second kappa shape index (κ2) is 9.86. The maximum Gasteiger partial charge on any atom is 0.306 e. The molecule has 10 heteroatoms. The van der Waals surface area contributed by atoms with Crippen molar-refractivity contribution in [2.45, 2.75) is 49.5 Å². The number of nitrogens with one attached hydrogen (secondary N) is 1. The van der Waals surface area contributed by atoms with Gasteiger partial charge in [-0.1, -0.05) is 12.8 Å². The van der Waals surface area contributed by atoms with Gasteiger partial charge in [-0.15, -0.1) is 0 Å². The van der Waals surface area contributed by atoms with Gasteiger partial charge in [-0.3, -0.25) is 9.59 Å². The molecule has 1 saturated carbocycles. The van der Waals surface area contributed by atoms with E-state index in [0.717, 1.165) is 19.3 Å². The van der Waals surface area contributed by atoms with E-state index in [9.17, 15) is 23.1 Å². The molecule has 1 saturated heterocycles. The van der Waals surface area contributed by atoms with Gasteiger partial charge in [0.2, 0.25) is 15.9 Å². The van der Waals surface area contributed by atoms with Crippen LogP contribution >= 0.6 is 0 Å². The van der Waals surface area contributed by atoms with Gasteiger partial charge in [0.25, 0.3) is 0 Å². The van der Waals surface area contributed by atoms with Crippen molar-refractivity contribution in [2.75, 3.05) is 27.3 Å². The molecular weight excluding hydrogens is 424 g/mol. The molecular formula is C21H30N2O7S. The number of aliphatic carboxylic acids is 1. The van der Waals surface area contributed by atoms with Gasteiger partial charge in [0, 0.05) is 19.2 Å². The van der Waals surface area contributed by atoms with Gasteiger partial charge in [0.05, 0.1) is 25.0 Å². The highest BCUT2D eigenvalue weighted by molar-refractivity contribution is 7.89. The molecule has 9 nitrogen and oxygen atoms in total. The third-order valence-corrected chi connectivity index (χ3v) is 8.14. The predicted molar refractivity (Wildman–Crippen MR) is 113 cm³/mol. The number of carbonyl (C=O) groups is 2. The molecule has 1 aliphatic heterocycles. The molecule has 2 aliphatic rings. The highest BCUT2D eigenvalue weighted by atomic mass is 32.2. The molecule has 1 aromatic rings. The van der Waals surface area contributed by atoms with Gasteiger partial charge >= 0.3 is 5.97 Å². The number of rotatable bonds is 8. The first-order chi connectivity index (χ1) is 14.8. The van der Waals surface area contributed by atoms with Crippen molar-refractivity contribution in [3.8, 4) is 11.5 Å². The number of carboxylic acids is 1. The molecule has 1 amide bonds. The van der Waals surface area contributed by atoms with E-state index < -0.39 is 28.0 Å². The van der Waals surface area contributed by atoms with E-state index in [4.69, 9.17) is 9.47 Å². The maximum atomic E-state index is 13.2. The van der Waals surface area contributed by atoms with Crippen molar-refractivity contribution in [2.24, 2.45) is 11.8 Å². The van der Waals surface area contributed by atoms with Crippen LogP contribution in [0.15, 0.2) is 23.1 Å². The smallest absolute Gasteiger partial charge is 0.306 e. The quantitative estimate of drug-likeness (QED) is 0.615. The van der Waals surface area contributed by atoms with Crippen LogP contribution in [-0.4, -0.2) is 63.1 Å². The summed E-state index contributed by atoms with van der Waals surface area (Å²) < 4.78 is 38.1. The van der Waals surface area contributed by atoms with Gasteiger partial charge in [0.1, 0.15) is 6.04 Å². The van der Waals surface area contributed by atoms with E-state index in [1.807, 2.05) is 0 Å². The molecule has 0 bridgehead atoms. The Morgan fingerprint density at radius 1 is 1.10 bits per heavy atom. The number of carbonyl (C=O) groups excluding carboxylic acids is 1. The summed E-state index contributed by atoms with van der Waals surface area (Å²) in [4.78, 5) is 24.4. The summed E-state index contributed by atoms with van der Waals surface area (Å²) in [6.07, 6.45) is 4.17. The monoisotopic (exact) mass is 454 g/mol. The number of nitrogens with zero attached hydrogens (tertiary/aromatic N) is 1. The minimum Gasteiger partial charge on any atom is -0.493 e. The minimum atomic E-state index is -3.92. The van der Waals surface area contributed by atoms with E-state index in [2.05, 4.69) is 5.32 Å². The zero-order chi connectivity index (χ0) is 22.6. The molecule has 1 unspecified atom stereocenters. The summed E-state index contributed by atoms with van der Waals surface area (Å²) in [6, 6.07) is 3.53. The molecule has 0 radical (unpaired) electrons. The zero-order valence-corrected chi connectivity index (χ0v) is 18.7. The molecule has 1 aliphatic carbocycles. The Balaban J connectivity index is 1.72. The topological polar surface area (TPSA) is 122 Å². The number of carboxylic acid groups (broad SMARTS) is 1. The molecule has 1 heterocycles. The second-order valence-electron chi connectivity index (χ2n) is 8.02. The largest absolute Gasteiger partial charge is 0.493 e. The first-order valence-electron chi connectivity index (χ1n) is 10.5. The number of amides is 1. The highest BCUT2D eigenvalue weighted by Crippen LogP contribution is 2.33. The van der Waals surface area contributed by atoms with Crippen molar-refractivity contribution in [3.05, 3.63) is 18.2 Å². The van der Waals surface area contributed by atoms with Crippen LogP contribution in [0.3, 0.4) is 0 Å². The van der Waals surface area contributed by atoms with Gasteiger partial charge in [-0.25, -0.2) is 8.42 Å². The Hall–Kier alpha value is -2.33. The molecule has 172 valence electrons. The Morgan fingerprint density at radius 3 is 2.48 bits per heavy atom. The zero-order valence-electron chi connectivity index (χ0n) is 17.9. The van der Waals surface area contributed by atoms with Gasteiger partial charge < -0.3 is 19.9 Å². The lowest BCUT2D eigenvalue weighted by atomic mass is 9.79. The third kappa shape index (κ3) is 4.95. The molecule has 0 aromatic heterocycles. The van der Waals surface area contributed by atoms with Crippen LogP contribution in [0.2, 0.25) is 0 Å². The molecule has 2 fully saturated rings. The van der Waals surface area contributed by atoms with Gasteiger partial charge in [-0.05, 0) is 43.7 Å². The molecule has 3 rings (SSSR count). The minimum absolute atomic E-state index is 0.0306. The first-order valence-corrected chi connectivity index (χ1v) is 12.0. The molecule has 3 atom stereocenters. The lowest BCUT2D eigenvalue weighted by Crippen LogP contribution is -2.47. The normalized spacial score (nSPS) is 24.5. The summed E-state index contributed by atoms with van der Waals surface area (Å²) in [5.41, 5.74) is 0. The van der Waals surface area contributed by atoms with E-state index in [1.54, 1.807) is 0 Å². The number of hydrogen-bond donors (Lipinski definition) is 2. The van der Waals surface area contributed by atoms with Gasteiger partial charge in [-0.2, -0.15) is 4.31 Å². The van der Waals surface area contributed by atoms with Crippen LogP contribution in [0.1, 0.15) is 38.5 Å². The SMILES string of the molecule is COc1ccc(S(=O)(=O)N2CCCC2C(=O)NC[C@@H]2CCCC[C@@H]2C(=O)O)cc1OC. The van der Waals surface area contributed by atoms with Crippen LogP contribution in [0.4, 0.5) is 0 Å². The first kappa shape index (κ1) is 23.3. The summed E-state index contributed by atoms with van der Waals surface area (Å²) in [6.45, 7) is 0.493. The van der Waals surface area contributed by atoms with Crippen LogP contribution in [0.5, 0.6) is 11.5 Å². The average molecular weight is 455 g/mol. The van der Waals surface area contributed by atoms with Crippen molar-refractivity contribution < 1.29 is 32.6 Å². The van der Waals surface area contributed by atoms with E-state index in [-0.39, 0.29) is 29.8 Å². The molecule has 31 heavy (non-hydrogen) atoms. The van der Waals surface area contributed by atoms with Gasteiger partial charge in [0.15, 0.2) is 11.5 Å². The van der Waals surface area contributed by atoms with Crippen molar-refractivity contribution >= 4 is 21.9 Å². The van der Waals surface area contributed by atoms with Crippen LogP contribution in [0, 0.1) is 11.8 Å². The van der Waals surface area contributed by atoms with Crippen molar-refractivity contribution in [3.63, 3.8) is 0 Å². The summed E-state index contributed by atoms with van der Waals surface area (Å²) in [5, 5.41) is 12.2. The Bertz CT molecular complexity index is 918. The number of methoxy groups -OCH3 is 2. The van der Waals surface area contributed by atoms with Crippen molar-refractivity contribution in [1.82, 2.24) is 9.62 Å². The molecule has 2 N–H and O–H groups in total. The summed E-state index contributed by atoms with van der Waals surface area (Å²) in [7, 11) is -1.02. The fraction of sp³-hybridized carbons (Fsp3) is 0.619. The third-order valence-electron chi connectivity index (χ3n) is 6.23. The average Bonchev–Trinajstić information content (AvgIpc) is 3.28. The highest BCUT2D eigenvalue weighted by Gasteiger charge is 2.40. The molecule has 0 spiro atoms. The molecule has 1 aromatic carbocycles. The predicted octanol–water partition coefficient (Wildman–Crippen LogP) is 1.86. The van der Waals surface area contributed by atoms with E-state index >= 15 is 0 Å². The number of sulfonamides is 1. The van der Waals surface area contributed by atoms with Crippen LogP contribution < -0.4 is 14.8 Å². The number of hydrogen-bond acceptors (Lipinski definition) is 6. The number of benzene rings is 1. The van der Waals surface area contributed by atoms with E-state index in [1.165, 1.54) is 36.7 Å². The fourth-order valence-electron chi connectivity index (χ4n) is 4.53.